The molecule has 1 saturated carbocycles. The van der Waals surface area contributed by atoms with Gasteiger partial charge in [0, 0.05) is 19.8 Å². The number of para-hydroxylation sites is 2. The SMILES string of the molecule is COC(=O)[C@@]1(C)C[C@H]2C(c3nc4ccccc4o3)=C[C@@H]1C(=O)C2(OC)OC. The third kappa shape index (κ3) is 2.25. The maximum atomic E-state index is 13.2. The van der Waals surface area contributed by atoms with Gasteiger partial charge in [-0.2, -0.15) is 0 Å². The fourth-order valence-corrected chi connectivity index (χ4v) is 4.46. The first-order valence-corrected chi connectivity index (χ1v) is 8.72. The minimum absolute atomic E-state index is 0.295. The molecule has 3 aliphatic rings. The number of aromatic nitrogens is 1. The first-order valence-electron chi connectivity index (χ1n) is 8.72. The molecular weight excluding hydrogens is 350 g/mol. The van der Waals surface area contributed by atoms with Gasteiger partial charge < -0.3 is 18.6 Å². The van der Waals surface area contributed by atoms with Crippen LogP contribution in [0.2, 0.25) is 0 Å². The Hall–Kier alpha value is -2.51. The number of allylic oxidation sites excluding steroid dienone is 1. The Balaban J connectivity index is 1.90. The van der Waals surface area contributed by atoms with E-state index >= 15 is 0 Å². The van der Waals surface area contributed by atoms with Crippen LogP contribution in [0.5, 0.6) is 0 Å². The zero-order valence-electron chi connectivity index (χ0n) is 15.6. The van der Waals surface area contributed by atoms with E-state index in [4.69, 9.17) is 18.6 Å². The van der Waals surface area contributed by atoms with Crippen molar-refractivity contribution in [3.05, 3.63) is 36.2 Å². The van der Waals surface area contributed by atoms with Gasteiger partial charge in [-0.05, 0) is 25.5 Å². The number of Topliss-reactive ketones (excluding diaryl/α,β-unsaturated/α-hetero) is 1. The molecule has 5 rings (SSSR count). The largest absolute Gasteiger partial charge is 0.469 e. The number of carbonyl (C=O) groups is 2. The van der Waals surface area contributed by atoms with Crippen molar-refractivity contribution in [2.24, 2.45) is 17.3 Å². The summed E-state index contributed by atoms with van der Waals surface area (Å²) in [6.07, 6.45) is 2.08. The number of fused-ring (bicyclic) bond motifs is 3. The molecule has 2 aromatic rings. The van der Waals surface area contributed by atoms with Crippen molar-refractivity contribution in [1.29, 1.82) is 0 Å². The highest BCUT2D eigenvalue weighted by molar-refractivity contribution is 6.02. The van der Waals surface area contributed by atoms with Gasteiger partial charge in [-0.25, -0.2) is 4.98 Å². The van der Waals surface area contributed by atoms with E-state index in [9.17, 15) is 9.59 Å². The number of esters is 1. The molecule has 0 amide bonds. The molecule has 0 spiro atoms. The Morgan fingerprint density at radius 2 is 1.93 bits per heavy atom. The van der Waals surface area contributed by atoms with E-state index in [2.05, 4.69) is 4.98 Å². The van der Waals surface area contributed by atoms with Gasteiger partial charge in [0.2, 0.25) is 17.5 Å². The summed E-state index contributed by atoms with van der Waals surface area (Å²) in [6, 6.07) is 7.43. The first kappa shape index (κ1) is 17.9. The molecule has 1 aromatic carbocycles. The van der Waals surface area contributed by atoms with Crippen LogP contribution < -0.4 is 0 Å². The summed E-state index contributed by atoms with van der Waals surface area (Å²) in [5, 5.41) is 0. The first-order chi connectivity index (χ1) is 12.9. The summed E-state index contributed by atoms with van der Waals surface area (Å²) in [5.41, 5.74) is 1.09. The summed E-state index contributed by atoms with van der Waals surface area (Å²) >= 11 is 0. The van der Waals surface area contributed by atoms with Gasteiger partial charge in [-0.1, -0.05) is 18.2 Å². The predicted octanol–water partition coefficient (Wildman–Crippen LogP) is 2.60. The number of ether oxygens (including phenoxy) is 3. The van der Waals surface area contributed by atoms with Crippen LogP contribution in [0.1, 0.15) is 19.2 Å². The van der Waals surface area contributed by atoms with Gasteiger partial charge in [-0.3, -0.25) is 9.59 Å². The normalized spacial score (nSPS) is 29.0. The number of hydrogen-bond donors (Lipinski definition) is 0. The number of rotatable bonds is 4. The molecule has 0 aliphatic heterocycles. The highest BCUT2D eigenvalue weighted by Gasteiger charge is 2.66. The molecule has 1 heterocycles. The number of hydrogen-bond acceptors (Lipinski definition) is 7. The van der Waals surface area contributed by atoms with Gasteiger partial charge in [0.05, 0.1) is 24.4 Å². The van der Waals surface area contributed by atoms with Gasteiger partial charge >= 0.3 is 5.97 Å². The molecule has 0 N–H and O–H groups in total. The van der Waals surface area contributed by atoms with Crippen LogP contribution in [-0.4, -0.2) is 43.9 Å². The van der Waals surface area contributed by atoms with Crippen molar-refractivity contribution in [3.63, 3.8) is 0 Å². The fourth-order valence-electron chi connectivity index (χ4n) is 4.46. The zero-order valence-corrected chi connectivity index (χ0v) is 15.6. The van der Waals surface area contributed by atoms with E-state index in [-0.39, 0.29) is 5.78 Å². The molecule has 7 nitrogen and oxygen atoms in total. The van der Waals surface area contributed by atoms with E-state index in [1.807, 2.05) is 24.3 Å². The predicted molar refractivity (Wildman–Crippen MR) is 95.5 cm³/mol. The summed E-state index contributed by atoms with van der Waals surface area (Å²) < 4.78 is 22.0. The fraction of sp³-hybridized carbons (Fsp3) is 0.450. The van der Waals surface area contributed by atoms with E-state index in [1.54, 1.807) is 13.0 Å². The van der Waals surface area contributed by atoms with E-state index in [0.717, 1.165) is 5.52 Å². The van der Waals surface area contributed by atoms with Crippen molar-refractivity contribution < 1.29 is 28.2 Å². The van der Waals surface area contributed by atoms with Crippen molar-refractivity contribution in [1.82, 2.24) is 4.98 Å². The Morgan fingerprint density at radius 3 is 2.56 bits per heavy atom. The highest BCUT2D eigenvalue weighted by Crippen LogP contribution is 2.57. The lowest BCUT2D eigenvalue weighted by Gasteiger charge is -2.53. The Labute approximate surface area is 156 Å². The van der Waals surface area contributed by atoms with Crippen LogP contribution in [0.15, 0.2) is 34.8 Å². The number of methoxy groups -OCH3 is 3. The topological polar surface area (TPSA) is 87.9 Å². The molecule has 3 atom stereocenters. The summed E-state index contributed by atoms with van der Waals surface area (Å²) in [7, 11) is 4.19. The monoisotopic (exact) mass is 371 g/mol. The molecule has 2 bridgehead atoms. The lowest BCUT2D eigenvalue weighted by molar-refractivity contribution is -0.244. The minimum atomic E-state index is -1.48. The van der Waals surface area contributed by atoms with Crippen LogP contribution >= 0.6 is 0 Å². The van der Waals surface area contributed by atoms with Gasteiger partial charge in [-0.15, -0.1) is 0 Å². The van der Waals surface area contributed by atoms with Crippen molar-refractivity contribution in [3.8, 4) is 0 Å². The van der Waals surface area contributed by atoms with Crippen LogP contribution in [0.3, 0.4) is 0 Å². The van der Waals surface area contributed by atoms with Crippen molar-refractivity contribution in [2.45, 2.75) is 19.1 Å². The third-order valence-electron chi connectivity index (χ3n) is 5.92. The molecule has 1 fully saturated rings. The molecule has 3 aliphatic carbocycles. The highest BCUT2D eigenvalue weighted by atomic mass is 16.7. The summed E-state index contributed by atoms with van der Waals surface area (Å²) in [5.74, 6) is -3.12. The maximum Gasteiger partial charge on any atom is 0.312 e. The van der Waals surface area contributed by atoms with Gasteiger partial charge in [0.25, 0.3) is 0 Å². The second-order valence-corrected chi connectivity index (χ2v) is 7.19. The number of carbonyl (C=O) groups excluding carboxylic acids is 2. The minimum Gasteiger partial charge on any atom is -0.469 e. The molecule has 27 heavy (non-hydrogen) atoms. The van der Waals surface area contributed by atoms with E-state index < -0.39 is 29.0 Å². The van der Waals surface area contributed by atoms with E-state index in [0.29, 0.717) is 23.5 Å². The van der Waals surface area contributed by atoms with Crippen molar-refractivity contribution >= 4 is 28.4 Å². The average Bonchev–Trinajstić information content (AvgIpc) is 3.12. The lowest BCUT2D eigenvalue weighted by atomic mass is 9.54. The molecule has 142 valence electrons. The number of ketones is 1. The molecule has 0 radical (unpaired) electrons. The maximum absolute atomic E-state index is 13.2. The third-order valence-corrected chi connectivity index (χ3v) is 5.92. The van der Waals surface area contributed by atoms with Crippen LogP contribution in [0, 0.1) is 17.3 Å². The second-order valence-electron chi connectivity index (χ2n) is 7.19. The Bertz CT molecular complexity index is 923. The summed E-state index contributed by atoms with van der Waals surface area (Å²) in [6.45, 7) is 1.74. The van der Waals surface area contributed by atoms with Crippen LogP contribution in [-0.2, 0) is 23.8 Å². The van der Waals surface area contributed by atoms with Gasteiger partial charge in [0.1, 0.15) is 5.52 Å². The number of benzene rings is 1. The average molecular weight is 371 g/mol. The molecule has 0 unspecified atom stereocenters. The zero-order chi connectivity index (χ0) is 19.4. The summed E-state index contributed by atoms with van der Waals surface area (Å²) in [4.78, 5) is 30.2. The molecule has 7 heteroatoms. The smallest absolute Gasteiger partial charge is 0.312 e. The molecule has 0 saturated heterocycles. The lowest BCUT2D eigenvalue weighted by Crippen LogP contribution is -2.64. The Kier molecular flexibility index (Phi) is 3.98. The standard InChI is InChI=1S/C20H21NO6/c1-19(18(23)24-2)10-13-11(9-12(19)16(22)20(13,25-3)26-4)17-21-14-7-5-6-8-15(14)27-17/h5-9,12-13H,10H2,1-4H3/t12-,13+,19+/m1/s1. The Morgan fingerprint density at radius 1 is 1.22 bits per heavy atom. The van der Waals surface area contributed by atoms with E-state index in [1.165, 1.54) is 21.3 Å². The van der Waals surface area contributed by atoms with Crippen LogP contribution in [0.4, 0.5) is 0 Å². The quantitative estimate of drug-likeness (QED) is 0.603. The second kappa shape index (κ2) is 6.00. The number of oxazole rings is 1. The van der Waals surface area contributed by atoms with Crippen LogP contribution in [0.25, 0.3) is 16.7 Å². The molecule has 1 aromatic heterocycles. The molecular formula is C20H21NO6. The van der Waals surface area contributed by atoms with Gasteiger partial charge in [0.15, 0.2) is 5.58 Å². The van der Waals surface area contributed by atoms with Crippen molar-refractivity contribution in [2.75, 3.05) is 21.3 Å². The number of nitrogens with zero attached hydrogens (tertiary/aromatic N) is 1.